The number of hydrogen-bond donors (Lipinski definition) is 1. The molecule has 0 unspecified atom stereocenters. The third kappa shape index (κ3) is 1.72. The summed E-state index contributed by atoms with van der Waals surface area (Å²) in [6.45, 7) is 3.66. The lowest BCUT2D eigenvalue weighted by atomic mass is 10.3. The highest BCUT2D eigenvalue weighted by Crippen LogP contribution is 1.94. The zero-order chi connectivity index (χ0) is 6.53. The molecule has 2 nitrogen and oxygen atoms in total. The van der Waals surface area contributed by atoms with Gasteiger partial charge in [0.1, 0.15) is 0 Å². The van der Waals surface area contributed by atoms with Gasteiger partial charge in [-0.25, -0.2) is 4.98 Å². The van der Waals surface area contributed by atoms with Gasteiger partial charge in [0, 0.05) is 6.20 Å². The molecule has 1 rings (SSSR count). The van der Waals surface area contributed by atoms with Crippen LogP contribution in [0.15, 0.2) is 18.6 Å². The van der Waals surface area contributed by atoms with Crippen molar-refractivity contribution in [3.8, 4) is 0 Å². The Kier molecular flexibility index (Phi) is 2.07. The van der Waals surface area contributed by atoms with E-state index in [4.69, 9.17) is 0 Å². The van der Waals surface area contributed by atoms with E-state index in [0.717, 1.165) is 12.1 Å². The summed E-state index contributed by atoms with van der Waals surface area (Å²) in [6.07, 6.45) is 8.21. The van der Waals surface area contributed by atoms with Crippen LogP contribution in [0, 0.1) is 6.92 Å². The van der Waals surface area contributed by atoms with Gasteiger partial charge in [0.25, 0.3) is 0 Å². The van der Waals surface area contributed by atoms with Crippen molar-refractivity contribution in [1.82, 2.24) is 9.97 Å². The Morgan fingerprint density at radius 1 is 1.78 bits per heavy atom. The number of allylic oxidation sites excluding steroid dienone is 1. The molecular weight excluding hydrogens is 112 g/mol. The number of nitrogens with zero attached hydrogens (tertiary/aromatic N) is 1. The van der Waals surface area contributed by atoms with Crippen molar-refractivity contribution in [3.05, 3.63) is 31.2 Å². The first-order valence-corrected chi connectivity index (χ1v) is 2.88. The summed E-state index contributed by atoms with van der Waals surface area (Å²) < 4.78 is 0. The molecule has 0 aliphatic carbocycles. The third-order valence-corrected chi connectivity index (χ3v) is 0.975. The maximum atomic E-state index is 3.98. The van der Waals surface area contributed by atoms with Gasteiger partial charge in [-0.1, -0.05) is 6.08 Å². The highest BCUT2D eigenvalue weighted by atomic mass is 14.8. The van der Waals surface area contributed by atoms with E-state index in [2.05, 4.69) is 16.9 Å². The van der Waals surface area contributed by atoms with Gasteiger partial charge in [0.2, 0.25) is 0 Å². The lowest BCUT2D eigenvalue weighted by Crippen LogP contribution is -1.65. The molecule has 1 heterocycles. The van der Waals surface area contributed by atoms with Gasteiger partial charge in [-0.05, 0) is 19.4 Å². The number of nitrogens with one attached hydrogen (secondary N) is 1. The van der Waals surface area contributed by atoms with E-state index in [1.54, 1.807) is 6.33 Å². The maximum Gasteiger partial charge on any atom is 0.0927 e. The zero-order valence-corrected chi connectivity index (χ0v) is 5.17. The van der Waals surface area contributed by atoms with Crippen LogP contribution in [-0.4, -0.2) is 9.97 Å². The summed E-state index contributed by atoms with van der Waals surface area (Å²) in [4.78, 5) is 6.84. The van der Waals surface area contributed by atoms with E-state index >= 15 is 0 Å². The summed E-state index contributed by atoms with van der Waals surface area (Å²) in [5, 5.41) is 0. The van der Waals surface area contributed by atoms with Gasteiger partial charge in [0.05, 0.1) is 12.0 Å². The molecule has 0 spiro atoms. The predicted octanol–water partition coefficient (Wildman–Crippen LogP) is 1.65. The Balaban J connectivity index is 2.57. The second-order valence-electron chi connectivity index (χ2n) is 1.69. The molecule has 1 aromatic heterocycles. The quantitative estimate of drug-likeness (QED) is 0.633. The molecule has 0 saturated heterocycles. The number of aromatic nitrogens is 2. The molecule has 0 saturated carbocycles. The summed E-state index contributed by atoms with van der Waals surface area (Å²) in [7, 11) is 0. The van der Waals surface area contributed by atoms with E-state index in [9.17, 15) is 0 Å². The average Bonchev–Trinajstić information content (AvgIpc) is 2.34. The van der Waals surface area contributed by atoms with Crippen LogP contribution in [0.25, 0.3) is 6.08 Å². The largest absolute Gasteiger partial charge is 0.351 e. The molecule has 1 N–H and O–H groups in total. The van der Waals surface area contributed by atoms with E-state index in [0.29, 0.717) is 0 Å². The molecular formula is C7H9N2. The Morgan fingerprint density at radius 2 is 2.67 bits per heavy atom. The predicted molar refractivity (Wildman–Crippen MR) is 37.6 cm³/mol. The smallest absolute Gasteiger partial charge is 0.0927 e. The molecule has 0 aliphatic heterocycles. The topological polar surface area (TPSA) is 28.7 Å². The Labute approximate surface area is 54.6 Å². The van der Waals surface area contributed by atoms with E-state index in [1.807, 2.05) is 18.3 Å². The number of H-pyrrole nitrogens is 1. The first-order chi connectivity index (χ1) is 4.43. The van der Waals surface area contributed by atoms with Gasteiger partial charge in [-0.15, -0.1) is 0 Å². The molecule has 0 fully saturated rings. The van der Waals surface area contributed by atoms with E-state index < -0.39 is 0 Å². The number of rotatable bonds is 2. The minimum absolute atomic E-state index is 0.812. The van der Waals surface area contributed by atoms with Crippen LogP contribution in [0.5, 0.6) is 0 Å². The van der Waals surface area contributed by atoms with Gasteiger partial charge < -0.3 is 4.98 Å². The molecule has 9 heavy (non-hydrogen) atoms. The Bertz CT molecular complexity index is 175. The van der Waals surface area contributed by atoms with Crippen LogP contribution in [0.2, 0.25) is 0 Å². The van der Waals surface area contributed by atoms with Crippen molar-refractivity contribution >= 4 is 6.08 Å². The normalized spacial score (nSPS) is 10.8. The molecule has 0 amide bonds. The molecule has 1 radical (unpaired) electrons. The van der Waals surface area contributed by atoms with Crippen LogP contribution in [0.1, 0.15) is 12.1 Å². The summed E-state index contributed by atoms with van der Waals surface area (Å²) in [5.41, 5.74) is 0.957. The monoisotopic (exact) mass is 121 g/mol. The van der Waals surface area contributed by atoms with Crippen molar-refractivity contribution in [2.75, 3.05) is 0 Å². The second kappa shape index (κ2) is 3.07. The van der Waals surface area contributed by atoms with Gasteiger partial charge in [-0.3, -0.25) is 0 Å². The third-order valence-electron chi connectivity index (χ3n) is 0.975. The van der Waals surface area contributed by atoms with Crippen molar-refractivity contribution in [2.45, 2.75) is 6.42 Å². The molecule has 0 bridgehead atoms. The first-order valence-electron chi connectivity index (χ1n) is 2.88. The van der Waals surface area contributed by atoms with Crippen molar-refractivity contribution in [1.29, 1.82) is 0 Å². The number of aromatic amines is 1. The van der Waals surface area contributed by atoms with E-state index in [1.165, 1.54) is 0 Å². The fourth-order valence-corrected chi connectivity index (χ4v) is 0.567. The van der Waals surface area contributed by atoms with Crippen molar-refractivity contribution in [2.24, 2.45) is 0 Å². The highest BCUT2D eigenvalue weighted by Gasteiger charge is 1.82. The summed E-state index contributed by atoms with van der Waals surface area (Å²) in [6, 6.07) is 0. The summed E-state index contributed by atoms with van der Waals surface area (Å²) in [5.74, 6) is 0. The van der Waals surface area contributed by atoms with Crippen molar-refractivity contribution in [3.63, 3.8) is 0 Å². The summed E-state index contributed by atoms with van der Waals surface area (Å²) >= 11 is 0. The molecule has 47 valence electrons. The van der Waals surface area contributed by atoms with Crippen LogP contribution in [0.3, 0.4) is 0 Å². The Morgan fingerprint density at radius 3 is 3.22 bits per heavy atom. The lowest BCUT2D eigenvalue weighted by Gasteiger charge is -1.77. The van der Waals surface area contributed by atoms with Crippen LogP contribution < -0.4 is 0 Å². The van der Waals surface area contributed by atoms with Crippen LogP contribution in [-0.2, 0) is 0 Å². The molecule has 2 heteroatoms. The minimum atomic E-state index is 0.812. The average molecular weight is 121 g/mol. The number of imidazole rings is 1. The van der Waals surface area contributed by atoms with Crippen LogP contribution >= 0.6 is 0 Å². The maximum absolute atomic E-state index is 3.98. The van der Waals surface area contributed by atoms with E-state index in [-0.39, 0.29) is 0 Å². The molecule has 1 aromatic rings. The fraction of sp³-hybridized carbons (Fsp3) is 0.143. The number of hydrogen-bond acceptors (Lipinski definition) is 1. The molecule has 0 aromatic carbocycles. The standard InChI is InChI=1S/C7H9N2/c1-2-3-4-7-5-8-6-9-7/h3-6H,1-2H2,(H,8,9). The zero-order valence-electron chi connectivity index (χ0n) is 5.17. The van der Waals surface area contributed by atoms with Crippen LogP contribution in [0.4, 0.5) is 0 Å². The fourth-order valence-electron chi connectivity index (χ4n) is 0.567. The lowest BCUT2D eigenvalue weighted by molar-refractivity contribution is 1.30. The SMILES string of the molecule is [CH2]CC=Cc1c[nH]cn1. The highest BCUT2D eigenvalue weighted by molar-refractivity contribution is 5.42. The Hall–Kier alpha value is -1.05. The van der Waals surface area contributed by atoms with Crippen molar-refractivity contribution < 1.29 is 0 Å². The van der Waals surface area contributed by atoms with Gasteiger partial charge in [-0.2, -0.15) is 0 Å². The first kappa shape index (κ1) is 6.08. The van der Waals surface area contributed by atoms with Gasteiger partial charge in [0.15, 0.2) is 0 Å². The molecule has 0 atom stereocenters. The second-order valence-corrected chi connectivity index (χ2v) is 1.69. The minimum Gasteiger partial charge on any atom is -0.351 e. The van der Waals surface area contributed by atoms with Gasteiger partial charge >= 0.3 is 0 Å². The molecule has 0 aliphatic rings.